The Morgan fingerprint density at radius 2 is 2.04 bits per heavy atom. The van der Waals surface area contributed by atoms with Crippen molar-refractivity contribution in [2.45, 2.75) is 33.0 Å². The van der Waals surface area contributed by atoms with Gasteiger partial charge in [-0.05, 0) is 37.6 Å². The van der Waals surface area contributed by atoms with E-state index in [0.29, 0.717) is 5.82 Å². The molecule has 1 aromatic carbocycles. The minimum absolute atomic E-state index is 0.259. The van der Waals surface area contributed by atoms with Crippen LogP contribution in [0.15, 0.2) is 36.7 Å². The summed E-state index contributed by atoms with van der Waals surface area (Å²) in [7, 11) is 1.59. The van der Waals surface area contributed by atoms with Gasteiger partial charge in [-0.15, -0.1) is 10.2 Å². The lowest BCUT2D eigenvalue weighted by atomic mass is 10.2. The first-order valence-corrected chi connectivity index (χ1v) is 8.30. The predicted octanol–water partition coefficient (Wildman–Crippen LogP) is 1.14. The number of benzene rings is 1. The van der Waals surface area contributed by atoms with E-state index in [0.717, 1.165) is 17.9 Å². The number of carbonyl (C=O) groups excluding carboxylic acids is 2. The number of hydrogen-bond acceptors (Lipinski definition) is 5. The Morgan fingerprint density at radius 1 is 1.31 bits per heavy atom. The first-order valence-electron chi connectivity index (χ1n) is 8.30. The molecule has 0 aliphatic heterocycles. The molecule has 0 aliphatic carbocycles. The number of methoxy groups -OCH3 is 1. The van der Waals surface area contributed by atoms with Gasteiger partial charge < -0.3 is 19.9 Å². The molecule has 2 aromatic rings. The van der Waals surface area contributed by atoms with Crippen LogP contribution in [-0.4, -0.2) is 39.7 Å². The normalized spacial score (nSPS) is 12.0. The SMILES string of the molecule is CCn1cnnc1CNC(=O)C(C)NC(=O)C=Cc1ccc(OC)cc1. The molecule has 2 amide bonds. The number of nitrogens with zero attached hydrogens (tertiary/aromatic N) is 3. The Balaban J connectivity index is 1.81. The minimum atomic E-state index is -0.666. The summed E-state index contributed by atoms with van der Waals surface area (Å²) in [6.07, 6.45) is 4.67. The van der Waals surface area contributed by atoms with Gasteiger partial charge in [-0.3, -0.25) is 9.59 Å². The number of aromatic nitrogens is 3. The molecule has 1 atom stereocenters. The van der Waals surface area contributed by atoms with E-state index in [2.05, 4.69) is 20.8 Å². The molecule has 0 spiro atoms. The molecule has 0 aliphatic rings. The van der Waals surface area contributed by atoms with Gasteiger partial charge in [0.1, 0.15) is 18.1 Å². The Labute approximate surface area is 152 Å². The van der Waals surface area contributed by atoms with Gasteiger partial charge in [0.2, 0.25) is 11.8 Å². The zero-order valence-corrected chi connectivity index (χ0v) is 15.1. The number of carbonyl (C=O) groups is 2. The Hall–Kier alpha value is -3.16. The van der Waals surface area contributed by atoms with Gasteiger partial charge >= 0.3 is 0 Å². The molecule has 0 radical (unpaired) electrons. The fourth-order valence-corrected chi connectivity index (χ4v) is 2.21. The van der Waals surface area contributed by atoms with E-state index in [1.807, 2.05) is 35.8 Å². The van der Waals surface area contributed by atoms with E-state index in [-0.39, 0.29) is 18.4 Å². The number of amides is 2. The molecule has 2 N–H and O–H groups in total. The summed E-state index contributed by atoms with van der Waals surface area (Å²) in [6.45, 7) is 4.57. The highest BCUT2D eigenvalue weighted by Crippen LogP contribution is 2.12. The van der Waals surface area contributed by atoms with Crippen LogP contribution in [0.3, 0.4) is 0 Å². The molecule has 0 fully saturated rings. The lowest BCUT2D eigenvalue weighted by Gasteiger charge is -2.13. The molecule has 2 rings (SSSR count). The molecule has 26 heavy (non-hydrogen) atoms. The monoisotopic (exact) mass is 357 g/mol. The first-order chi connectivity index (χ1) is 12.5. The van der Waals surface area contributed by atoms with Crippen LogP contribution in [0.25, 0.3) is 6.08 Å². The van der Waals surface area contributed by atoms with Gasteiger partial charge in [-0.25, -0.2) is 0 Å². The summed E-state index contributed by atoms with van der Waals surface area (Å²) >= 11 is 0. The largest absolute Gasteiger partial charge is 0.497 e. The van der Waals surface area contributed by atoms with Gasteiger partial charge in [0.05, 0.1) is 13.7 Å². The lowest BCUT2D eigenvalue weighted by Crippen LogP contribution is -2.44. The number of hydrogen-bond donors (Lipinski definition) is 2. The fourth-order valence-electron chi connectivity index (χ4n) is 2.21. The van der Waals surface area contributed by atoms with Crippen molar-refractivity contribution in [3.8, 4) is 5.75 Å². The second-order valence-corrected chi connectivity index (χ2v) is 5.59. The van der Waals surface area contributed by atoms with E-state index < -0.39 is 6.04 Å². The highest BCUT2D eigenvalue weighted by molar-refractivity contribution is 5.95. The average Bonchev–Trinajstić information content (AvgIpc) is 3.12. The molecule has 0 saturated carbocycles. The zero-order valence-electron chi connectivity index (χ0n) is 15.1. The van der Waals surface area contributed by atoms with Crippen LogP contribution in [-0.2, 0) is 22.7 Å². The lowest BCUT2D eigenvalue weighted by molar-refractivity contribution is -0.126. The van der Waals surface area contributed by atoms with E-state index in [1.54, 1.807) is 26.4 Å². The van der Waals surface area contributed by atoms with Crippen molar-refractivity contribution in [2.24, 2.45) is 0 Å². The summed E-state index contributed by atoms with van der Waals surface area (Å²) in [5.74, 6) is 0.775. The van der Waals surface area contributed by atoms with Crippen molar-refractivity contribution in [1.29, 1.82) is 0 Å². The molecule has 1 heterocycles. The summed E-state index contributed by atoms with van der Waals surface area (Å²) < 4.78 is 6.91. The number of aryl methyl sites for hydroxylation is 1. The van der Waals surface area contributed by atoms with Crippen molar-refractivity contribution >= 4 is 17.9 Å². The maximum atomic E-state index is 12.1. The van der Waals surface area contributed by atoms with E-state index in [1.165, 1.54) is 6.08 Å². The van der Waals surface area contributed by atoms with E-state index >= 15 is 0 Å². The molecule has 8 heteroatoms. The topological polar surface area (TPSA) is 98.1 Å². The second kappa shape index (κ2) is 9.36. The van der Waals surface area contributed by atoms with Crippen LogP contribution in [0.4, 0.5) is 0 Å². The van der Waals surface area contributed by atoms with E-state index in [4.69, 9.17) is 4.74 Å². The third-order valence-electron chi connectivity index (χ3n) is 3.75. The molecular weight excluding hydrogens is 334 g/mol. The van der Waals surface area contributed by atoms with Crippen LogP contribution >= 0.6 is 0 Å². The van der Waals surface area contributed by atoms with Gasteiger partial charge in [0.15, 0.2) is 5.82 Å². The molecule has 0 saturated heterocycles. The second-order valence-electron chi connectivity index (χ2n) is 5.59. The van der Waals surface area contributed by atoms with Crippen molar-refractivity contribution in [3.05, 3.63) is 48.1 Å². The van der Waals surface area contributed by atoms with Gasteiger partial charge in [-0.1, -0.05) is 12.1 Å². The van der Waals surface area contributed by atoms with Crippen LogP contribution < -0.4 is 15.4 Å². The Kier molecular flexibility index (Phi) is 6.90. The third-order valence-corrected chi connectivity index (χ3v) is 3.75. The fraction of sp³-hybridized carbons (Fsp3) is 0.333. The molecule has 8 nitrogen and oxygen atoms in total. The van der Waals surface area contributed by atoms with Crippen LogP contribution in [0.2, 0.25) is 0 Å². The maximum Gasteiger partial charge on any atom is 0.244 e. The smallest absolute Gasteiger partial charge is 0.244 e. The molecule has 0 bridgehead atoms. The van der Waals surface area contributed by atoms with Gasteiger partial charge in [-0.2, -0.15) is 0 Å². The highest BCUT2D eigenvalue weighted by Gasteiger charge is 2.15. The number of rotatable bonds is 8. The van der Waals surface area contributed by atoms with Crippen molar-refractivity contribution in [1.82, 2.24) is 25.4 Å². The summed E-state index contributed by atoms with van der Waals surface area (Å²) in [5, 5.41) is 13.1. The zero-order chi connectivity index (χ0) is 18.9. The minimum Gasteiger partial charge on any atom is -0.497 e. The summed E-state index contributed by atoms with van der Waals surface area (Å²) in [6, 6.07) is 6.62. The molecule has 138 valence electrons. The molecule has 1 unspecified atom stereocenters. The number of nitrogens with one attached hydrogen (secondary N) is 2. The van der Waals surface area contributed by atoms with Crippen molar-refractivity contribution in [3.63, 3.8) is 0 Å². The van der Waals surface area contributed by atoms with E-state index in [9.17, 15) is 9.59 Å². The van der Waals surface area contributed by atoms with Crippen LogP contribution in [0.5, 0.6) is 5.75 Å². The standard InChI is InChI=1S/C18H23N5O3/c1-4-23-12-20-22-16(23)11-19-18(25)13(2)21-17(24)10-7-14-5-8-15(26-3)9-6-14/h5-10,12-13H,4,11H2,1-3H3,(H,19,25)(H,21,24). The average molecular weight is 357 g/mol. The highest BCUT2D eigenvalue weighted by atomic mass is 16.5. The quantitative estimate of drug-likeness (QED) is 0.691. The molecular formula is C18H23N5O3. The van der Waals surface area contributed by atoms with Gasteiger partial charge in [0.25, 0.3) is 0 Å². The number of ether oxygens (including phenoxy) is 1. The third kappa shape index (κ3) is 5.44. The Bertz CT molecular complexity index is 767. The summed E-state index contributed by atoms with van der Waals surface area (Å²) in [5.41, 5.74) is 0.858. The van der Waals surface area contributed by atoms with Gasteiger partial charge in [0, 0.05) is 12.6 Å². The predicted molar refractivity (Wildman–Crippen MR) is 97.2 cm³/mol. The van der Waals surface area contributed by atoms with Crippen LogP contribution in [0.1, 0.15) is 25.2 Å². The Morgan fingerprint density at radius 3 is 2.69 bits per heavy atom. The van der Waals surface area contributed by atoms with Crippen molar-refractivity contribution < 1.29 is 14.3 Å². The summed E-state index contributed by atoms with van der Waals surface area (Å²) in [4.78, 5) is 24.1. The first kappa shape index (κ1) is 19.2. The maximum absolute atomic E-state index is 12.1. The van der Waals surface area contributed by atoms with Crippen molar-refractivity contribution in [2.75, 3.05) is 7.11 Å². The molecule has 1 aromatic heterocycles. The van der Waals surface area contributed by atoms with Crippen LogP contribution in [0, 0.1) is 0 Å².